The number of morpholine rings is 1. The first-order valence-corrected chi connectivity index (χ1v) is 13.0. The lowest BCUT2D eigenvalue weighted by atomic mass is 9.73. The number of nitrogens with one attached hydrogen (secondary N) is 2. The number of sulfonamides is 1. The molecule has 2 aliphatic heterocycles. The van der Waals surface area contributed by atoms with Crippen LogP contribution >= 0.6 is 0 Å². The van der Waals surface area contributed by atoms with Gasteiger partial charge in [0.1, 0.15) is 0 Å². The van der Waals surface area contributed by atoms with Crippen LogP contribution in [0, 0.1) is 0 Å². The monoisotopic (exact) mass is 471 g/mol. The normalized spacial score (nSPS) is 20.2. The maximum Gasteiger partial charge on any atom is 0.264 e. The molecule has 8 heteroatoms. The Hall–Kier alpha value is -2.58. The van der Waals surface area contributed by atoms with Crippen molar-refractivity contribution in [2.75, 3.05) is 36.5 Å². The number of amides is 1. The second-order valence-corrected chi connectivity index (χ2v) is 12.0. The first-order chi connectivity index (χ1) is 15.6. The fourth-order valence-corrected chi connectivity index (χ4v) is 5.11. The maximum absolute atomic E-state index is 12.6. The van der Waals surface area contributed by atoms with Crippen molar-refractivity contribution >= 4 is 27.3 Å². The summed E-state index contributed by atoms with van der Waals surface area (Å²) in [5, 5.41) is 2.96. The number of nitrogens with zero attached hydrogens (tertiary/aromatic N) is 1. The Bertz CT molecular complexity index is 1140. The van der Waals surface area contributed by atoms with Crippen molar-refractivity contribution in [2.45, 2.75) is 50.8 Å². The van der Waals surface area contributed by atoms with Gasteiger partial charge in [0.05, 0.1) is 24.5 Å². The fraction of sp³-hybridized carbons (Fsp3) is 0.480. The van der Waals surface area contributed by atoms with Crippen LogP contribution in [-0.4, -0.2) is 45.9 Å². The number of ether oxygens (including phenoxy) is 1. The molecule has 2 aromatic carbocycles. The van der Waals surface area contributed by atoms with Gasteiger partial charge >= 0.3 is 0 Å². The fourth-order valence-electron chi connectivity index (χ4n) is 4.50. The molecule has 1 atom stereocenters. The number of fused-ring (bicyclic) bond motifs is 1. The average molecular weight is 472 g/mol. The molecule has 4 rings (SSSR count). The van der Waals surface area contributed by atoms with E-state index in [-0.39, 0.29) is 11.5 Å². The van der Waals surface area contributed by atoms with E-state index < -0.39 is 21.2 Å². The zero-order valence-corrected chi connectivity index (χ0v) is 20.5. The molecule has 0 aliphatic carbocycles. The van der Waals surface area contributed by atoms with Crippen LogP contribution in [0.15, 0.2) is 42.5 Å². The Kier molecular flexibility index (Phi) is 6.42. The van der Waals surface area contributed by atoms with Crippen LogP contribution in [0.2, 0.25) is 0 Å². The van der Waals surface area contributed by atoms with E-state index in [1.165, 1.54) is 11.3 Å². The number of carbonyl (C=O) groups excluding carboxylic acids is 1. The summed E-state index contributed by atoms with van der Waals surface area (Å²) in [5.41, 5.74) is 4.56. The Balaban J connectivity index is 1.58. The predicted octanol–water partition coefficient (Wildman–Crippen LogP) is 3.83. The predicted molar refractivity (Wildman–Crippen MR) is 131 cm³/mol. The van der Waals surface area contributed by atoms with E-state index in [1.54, 1.807) is 19.9 Å². The van der Waals surface area contributed by atoms with Crippen molar-refractivity contribution in [3.8, 4) is 0 Å². The number of hydrogen-bond donors (Lipinski definition) is 2. The van der Waals surface area contributed by atoms with Crippen LogP contribution in [0.5, 0.6) is 0 Å². The summed E-state index contributed by atoms with van der Waals surface area (Å²) in [5.74, 6) is -0.595. The lowest BCUT2D eigenvalue weighted by Gasteiger charge is -2.39. The highest BCUT2D eigenvalue weighted by molar-refractivity contribution is 7.90. The number of benzene rings is 2. The van der Waals surface area contributed by atoms with E-state index in [4.69, 9.17) is 4.74 Å². The van der Waals surface area contributed by atoms with Crippen molar-refractivity contribution in [1.29, 1.82) is 0 Å². The quantitative estimate of drug-likeness (QED) is 0.689. The van der Waals surface area contributed by atoms with Crippen LogP contribution in [0.4, 0.5) is 11.4 Å². The van der Waals surface area contributed by atoms with Crippen molar-refractivity contribution in [3.05, 3.63) is 59.2 Å². The summed E-state index contributed by atoms with van der Waals surface area (Å²) in [6.07, 6.45) is 0.849. The molecule has 2 heterocycles. The largest absolute Gasteiger partial charge is 0.378 e. The van der Waals surface area contributed by atoms with Crippen LogP contribution in [0.3, 0.4) is 0 Å². The van der Waals surface area contributed by atoms with Gasteiger partial charge < -0.3 is 15.0 Å². The minimum absolute atomic E-state index is 0.134. The van der Waals surface area contributed by atoms with E-state index in [0.29, 0.717) is 5.56 Å². The summed E-state index contributed by atoms with van der Waals surface area (Å²) in [6.45, 7) is 10.7. The molecule has 2 aromatic rings. The molecule has 1 fully saturated rings. The van der Waals surface area contributed by atoms with E-state index in [0.717, 1.165) is 44.0 Å². The molecule has 1 unspecified atom stereocenters. The smallest absolute Gasteiger partial charge is 0.264 e. The van der Waals surface area contributed by atoms with Gasteiger partial charge in [-0.05, 0) is 67.1 Å². The van der Waals surface area contributed by atoms with Gasteiger partial charge in [-0.25, -0.2) is 13.1 Å². The van der Waals surface area contributed by atoms with Crippen LogP contribution in [0.25, 0.3) is 0 Å². The Morgan fingerprint density at radius 1 is 1.15 bits per heavy atom. The SMILES string of the molecule is CC(C)S(=O)(=O)NC(=O)c1ccc2c(c1)C(C)(C)CC(c1cccc(N3CCOCC3)c1)N2. The van der Waals surface area contributed by atoms with Gasteiger partial charge in [0, 0.05) is 30.0 Å². The zero-order chi connectivity index (χ0) is 23.8. The molecular weight excluding hydrogens is 438 g/mol. The molecule has 0 aromatic heterocycles. The first kappa shape index (κ1) is 23.6. The Morgan fingerprint density at radius 3 is 2.58 bits per heavy atom. The summed E-state index contributed by atoms with van der Waals surface area (Å²) in [7, 11) is -3.68. The van der Waals surface area contributed by atoms with Gasteiger partial charge in [-0.1, -0.05) is 26.0 Å². The van der Waals surface area contributed by atoms with Crippen LogP contribution in [-0.2, 0) is 20.2 Å². The van der Waals surface area contributed by atoms with Gasteiger partial charge in [0.2, 0.25) is 10.0 Å². The van der Waals surface area contributed by atoms with E-state index in [1.807, 2.05) is 12.1 Å². The standard InChI is InChI=1S/C25H33N3O4S/c1-17(2)33(30,31)27-24(29)19-8-9-22-21(15-19)25(3,4)16-23(26-22)18-6-5-7-20(14-18)28-10-12-32-13-11-28/h5-9,14-15,17,23,26H,10-13,16H2,1-4H3,(H,27,29). The van der Waals surface area contributed by atoms with E-state index in [9.17, 15) is 13.2 Å². The summed E-state index contributed by atoms with van der Waals surface area (Å²) in [4.78, 5) is 15.0. The van der Waals surface area contributed by atoms with Crippen molar-refractivity contribution in [3.63, 3.8) is 0 Å². The van der Waals surface area contributed by atoms with Gasteiger partial charge in [0.25, 0.3) is 5.91 Å². The Labute approximate surface area is 196 Å². The molecule has 1 amide bonds. The highest BCUT2D eigenvalue weighted by Gasteiger charge is 2.34. The van der Waals surface area contributed by atoms with Crippen molar-refractivity contribution in [1.82, 2.24) is 4.72 Å². The third-order valence-corrected chi connectivity index (χ3v) is 8.27. The average Bonchev–Trinajstić information content (AvgIpc) is 2.78. The molecule has 33 heavy (non-hydrogen) atoms. The molecule has 0 bridgehead atoms. The number of rotatable bonds is 5. The van der Waals surface area contributed by atoms with Crippen molar-refractivity contribution in [2.24, 2.45) is 0 Å². The molecule has 7 nitrogen and oxygen atoms in total. The third-order valence-electron chi connectivity index (χ3n) is 6.56. The molecular formula is C25H33N3O4S. The molecule has 2 aliphatic rings. The zero-order valence-electron chi connectivity index (χ0n) is 19.7. The van der Waals surface area contributed by atoms with Crippen molar-refractivity contribution < 1.29 is 17.9 Å². The second kappa shape index (κ2) is 8.99. The molecule has 0 spiro atoms. The van der Waals surface area contributed by atoms with E-state index >= 15 is 0 Å². The molecule has 0 radical (unpaired) electrons. The highest BCUT2D eigenvalue weighted by atomic mass is 32.2. The second-order valence-electron chi connectivity index (χ2n) is 9.76. The first-order valence-electron chi connectivity index (χ1n) is 11.5. The number of carbonyl (C=O) groups is 1. The third kappa shape index (κ3) is 5.01. The highest BCUT2D eigenvalue weighted by Crippen LogP contribution is 2.44. The maximum atomic E-state index is 12.6. The van der Waals surface area contributed by atoms with Gasteiger partial charge in [-0.15, -0.1) is 0 Å². The minimum Gasteiger partial charge on any atom is -0.378 e. The van der Waals surface area contributed by atoms with Crippen LogP contribution in [0.1, 0.15) is 61.6 Å². The molecule has 0 saturated carbocycles. The van der Waals surface area contributed by atoms with Crippen LogP contribution < -0.4 is 14.9 Å². The lowest BCUT2D eigenvalue weighted by molar-refractivity contribution is 0.0981. The van der Waals surface area contributed by atoms with Gasteiger partial charge in [-0.2, -0.15) is 0 Å². The molecule has 1 saturated heterocycles. The summed E-state index contributed by atoms with van der Waals surface area (Å²) >= 11 is 0. The molecule has 2 N–H and O–H groups in total. The van der Waals surface area contributed by atoms with E-state index in [2.05, 4.69) is 53.1 Å². The minimum atomic E-state index is -3.68. The molecule has 178 valence electrons. The summed E-state index contributed by atoms with van der Waals surface area (Å²) < 4.78 is 31.9. The lowest BCUT2D eigenvalue weighted by Crippen LogP contribution is -2.37. The van der Waals surface area contributed by atoms with Gasteiger partial charge in [-0.3, -0.25) is 4.79 Å². The topological polar surface area (TPSA) is 87.7 Å². The van der Waals surface area contributed by atoms with Gasteiger partial charge in [0.15, 0.2) is 0 Å². The summed E-state index contributed by atoms with van der Waals surface area (Å²) in [6, 6.07) is 14.2. The number of hydrogen-bond acceptors (Lipinski definition) is 6. The number of anilines is 2. The Morgan fingerprint density at radius 2 is 1.88 bits per heavy atom.